The van der Waals surface area contributed by atoms with Gasteiger partial charge in [0.1, 0.15) is 11.3 Å². The van der Waals surface area contributed by atoms with Gasteiger partial charge in [0.25, 0.3) is 11.8 Å². The third kappa shape index (κ3) is 3.89. The Morgan fingerprint density at radius 3 is 2.86 bits per heavy atom. The molecule has 2 aliphatic heterocycles. The third-order valence-electron chi connectivity index (χ3n) is 5.49. The SMILES string of the molecule is Cc1cccc(C(=O)N2CC3(CCC(CNC(=O)c4cnccn4)CO3)C2)c1. The number of nitrogens with zero attached hydrogens (tertiary/aromatic N) is 3. The molecule has 0 aliphatic carbocycles. The number of hydrogen-bond acceptors (Lipinski definition) is 5. The molecule has 2 aliphatic rings. The van der Waals surface area contributed by atoms with E-state index in [0.717, 1.165) is 24.0 Å². The fraction of sp³-hybridized carbons (Fsp3) is 0.429. The summed E-state index contributed by atoms with van der Waals surface area (Å²) in [5.74, 6) is 0.121. The van der Waals surface area contributed by atoms with Crippen LogP contribution in [0.25, 0.3) is 0 Å². The molecule has 146 valence electrons. The van der Waals surface area contributed by atoms with E-state index in [1.54, 1.807) is 0 Å². The van der Waals surface area contributed by atoms with Gasteiger partial charge >= 0.3 is 0 Å². The summed E-state index contributed by atoms with van der Waals surface area (Å²) in [7, 11) is 0. The highest BCUT2D eigenvalue weighted by Crippen LogP contribution is 2.36. The number of likely N-dealkylation sites (tertiary alicyclic amines) is 1. The second kappa shape index (κ2) is 7.67. The van der Waals surface area contributed by atoms with Crippen molar-refractivity contribution in [3.63, 3.8) is 0 Å². The molecule has 2 amide bonds. The van der Waals surface area contributed by atoms with E-state index in [-0.39, 0.29) is 23.3 Å². The summed E-state index contributed by atoms with van der Waals surface area (Å²) in [5.41, 5.74) is 1.92. The highest BCUT2D eigenvalue weighted by molar-refractivity contribution is 5.95. The van der Waals surface area contributed by atoms with E-state index in [4.69, 9.17) is 4.74 Å². The third-order valence-corrected chi connectivity index (χ3v) is 5.49. The molecule has 0 saturated carbocycles. The van der Waals surface area contributed by atoms with Crippen LogP contribution in [0.15, 0.2) is 42.9 Å². The molecular weight excluding hydrogens is 356 g/mol. The first kappa shape index (κ1) is 18.6. The summed E-state index contributed by atoms with van der Waals surface area (Å²) in [4.78, 5) is 34.4. The van der Waals surface area contributed by atoms with E-state index in [1.165, 1.54) is 18.6 Å². The lowest BCUT2D eigenvalue weighted by molar-refractivity contribution is -0.166. The molecule has 0 bridgehead atoms. The van der Waals surface area contributed by atoms with Crippen molar-refractivity contribution >= 4 is 11.8 Å². The monoisotopic (exact) mass is 380 g/mol. The van der Waals surface area contributed by atoms with Gasteiger partial charge in [-0.2, -0.15) is 0 Å². The molecule has 1 aromatic heterocycles. The van der Waals surface area contributed by atoms with Crippen LogP contribution in [0.1, 0.15) is 39.3 Å². The molecule has 28 heavy (non-hydrogen) atoms. The standard InChI is InChI=1S/C21H24N4O3/c1-15-3-2-4-17(9-15)20(27)25-13-21(14-25)6-5-16(12-28-21)10-24-19(26)18-11-22-7-8-23-18/h2-4,7-9,11,16H,5-6,10,12-14H2,1H3,(H,24,26). The van der Waals surface area contributed by atoms with E-state index in [0.29, 0.717) is 31.9 Å². The molecule has 1 spiro atoms. The first-order chi connectivity index (χ1) is 13.5. The Morgan fingerprint density at radius 2 is 2.18 bits per heavy atom. The number of hydrogen-bond donors (Lipinski definition) is 1. The van der Waals surface area contributed by atoms with Crippen molar-refractivity contribution < 1.29 is 14.3 Å². The Kier molecular flexibility index (Phi) is 5.09. The maximum absolute atomic E-state index is 12.6. The number of ether oxygens (including phenoxy) is 1. The highest BCUT2D eigenvalue weighted by Gasteiger charge is 2.48. The predicted octanol–water partition coefficient (Wildman–Crippen LogP) is 1.84. The van der Waals surface area contributed by atoms with Crippen LogP contribution in [0.3, 0.4) is 0 Å². The van der Waals surface area contributed by atoms with Crippen LogP contribution >= 0.6 is 0 Å². The van der Waals surface area contributed by atoms with Crippen LogP contribution in [0.4, 0.5) is 0 Å². The van der Waals surface area contributed by atoms with Gasteiger partial charge in [-0.25, -0.2) is 4.98 Å². The zero-order valence-electron chi connectivity index (χ0n) is 15.9. The van der Waals surface area contributed by atoms with Gasteiger partial charge in [-0.05, 0) is 37.8 Å². The number of carbonyl (C=O) groups is 2. The smallest absolute Gasteiger partial charge is 0.271 e. The van der Waals surface area contributed by atoms with Crippen molar-refractivity contribution in [1.29, 1.82) is 0 Å². The van der Waals surface area contributed by atoms with Crippen molar-refractivity contribution in [2.45, 2.75) is 25.4 Å². The lowest BCUT2D eigenvalue weighted by Crippen LogP contribution is -2.66. The number of aromatic nitrogens is 2. The van der Waals surface area contributed by atoms with Gasteiger partial charge in [0, 0.05) is 24.5 Å². The first-order valence-corrected chi connectivity index (χ1v) is 9.59. The van der Waals surface area contributed by atoms with Crippen molar-refractivity contribution in [2.75, 3.05) is 26.2 Å². The molecule has 2 aromatic rings. The summed E-state index contributed by atoms with van der Waals surface area (Å²) in [6.45, 7) is 4.41. The minimum absolute atomic E-state index is 0.0660. The Balaban J connectivity index is 1.23. The summed E-state index contributed by atoms with van der Waals surface area (Å²) in [5, 5.41) is 2.90. The van der Waals surface area contributed by atoms with Crippen molar-refractivity contribution in [1.82, 2.24) is 20.2 Å². The van der Waals surface area contributed by atoms with Crippen molar-refractivity contribution in [2.24, 2.45) is 5.92 Å². The summed E-state index contributed by atoms with van der Waals surface area (Å²) in [6, 6.07) is 7.68. The van der Waals surface area contributed by atoms with Gasteiger partial charge in [0.2, 0.25) is 0 Å². The largest absolute Gasteiger partial charge is 0.371 e. The molecular formula is C21H24N4O3. The first-order valence-electron chi connectivity index (χ1n) is 9.59. The Morgan fingerprint density at radius 1 is 1.32 bits per heavy atom. The minimum atomic E-state index is -0.217. The van der Waals surface area contributed by atoms with Crippen molar-refractivity contribution in [3.8, 4) is 0 Å². The summed E-state index contributed by atoms with van der Waals surface area (Å²) in [6.07, 6.45) is 6.36. The average molecular weight is 380 g/mol. The fourth-order valence-electron chi connectivity index (χ4n) is 3.83. The maximum atomic E-state index is 12.6. The lowest BCUT2D eigenvalue weighted by atomic mass is 9.82. The molecule has 7 nitrogen and oxygen atoms in total. The molecule has 1 atom stereocenters. The van der Waals surface area contributed by atoms with Crippen molar-refractivity contribution in [3.05, 3.63) is 59.7 Å². The highest BCUT2D eigenvalue weighted by atomic mass is 16.5. The van der Waals surface area contributed by atoms with Gasteiger partial charge in [-0.3, -0.25) is 14.6 Å². The number of amides is 2. The summed E-state index contributed by atoms with van der Waals surface area (Å²) < 4.78 is 6.12. The molecule has 1 aromatic carbocycles. The molecule has 2 fully saturated rings. The normalized spacial score (nSPS) is 20.5. The second-order valence-corrected chi connectivity index (χ2v) is 7.73. The van der Waals surface area contributed by atoms with Crippen LogP contribution in [-0.4, -0.2) is 58.5 Å². The molecule has 2 saturated heterocycles. The van der Waals surface area contributed by atoms with Gasteiger partial charge in [0.15, 0.2) is 0 Å². The summed E-state index contributed by atoms with van der Waals surface area (Å²) >= 11 is 0. The van der Waals surface area contributed by atoms with Gasteiger partial charge in [0.05, 0.1) is 25.9 Å². The zero-order valence-corrected chi connectivity index (χ0v) is 15.9. The Labute approximate surface area is 164 Å². The van der Waals surface area contributed by atoms with Crippen LogP contribution in [0.2, 0.25) is 0 Å². The van der Waals surface area contributed by atoms with E-state index in [1.807, 2.05) is 36.1 Å². The topological polar surface area (TPSA) is 84.4 Å². The zero-order chi connectivity index (χ0) is 19.6. The number of rotatable bonds is 4. The van der Waals surface area contributed by atoms with E-state index < -0.39 is 0 Å². The maximum Gasteiger partial charge on any atom is 0.271 e. The van der Waals surface area contributed by atoms with Crippen LogP contribution in [-0.2, 0) is 4.74 Å². The number of benzene rings is 1. The van der Waals surface area contributed by atoms with Crippen LogP contribution in [0.5, 0.6) is 0 Å². The molecule has 3 heterocycles. The second-order valence-electron chi connectivity index (χ2n) is 7.73. The van der Waals surface area contributed by atoms with Gasteiger partial charge in [-0.1, -0.05) is 17.7 Å². The predicted molar refractivity (Wildman–Crippen MR) is 103 cm³/mol. The number of nitrogens with one attached hydrogen (secondary N) is 1. The van der Waals surface area contributed by atoms with E-state index in [2.05, 4.69) is 15.3 Å². The van der Waals surface area contributed by atoms with Gasteiger partial charge < -0.3 is 15.0 Å². The Bertz CT molecular complexity index is 855. The van der Waals surface area contributed by atoms with E-state index >= 15 is 0 Å². The average Bonchev–Trinajstić information content (AvgIpc) is 2.71. The molecule has 1 N–H and O–H groups in total. The van der Waals surface area contributed by atoms with Gasteiger partial charge in [-0.15, -0.1) is 0 Å². The Hall–Kier alpha value is -2.80. The minimum Gasteiger partial charge on any atom is -0.371 e. The quantitative estimate of drug-likeness (QED) is 0.875. The molecule has 1 unspecified atom stereocenters. The lowest BCUT2D eigenvalue weighted by Gasteiger charge is -2.52. The molecule has 4 rings (SSSR count). The number of carbonyl (C=O) groups excluding carboxylic acids is 2. The molecule has 7 heteroatoms. The van der Waals surface area contributed by atoms with Crippen LogP contribution < -0.4 is 5.32 Å². The fourth-order valence-corrected chi connectivity index (χ4v) is 3.83. The van der Waals surface area contributed by atoms with Crippen LogP contribution in [0, 0.1) is 12.8 Å². The number of aryl methyl sites for hydroxylation is 1. The molecule has 0 radical (unpaired) electrons. The van der Waals surface area contributed by atoms with E-state index in [9.17, 15) is 9.59 Å².